The number of nitrogens with zero attached hydrogens (tertiary/aromatic N) is 4. The van der Waals surface area contributed by atoms with E-state index in [0.717, 1.165) is 5.56 Å². The Labute approximate surface area is 127 Å². The molecule has 0 aliphatic rings. The molecular weight excluding hydrogens is 286 g/mol. The van der Waals surface area contributed by atoms with E-state index in [2.05, 4.69) is 20.3 Å². The lowest BCUT2D eigenvalue weighted by Gasteiger charge is -2.12. The molecule has 2 aromatic rings. The van der Waals surface area contributed by atoms with E-state index in [4.69, 9.17) is 4.74 Å². The molecule has 22 heavy (non-hydrogen) atoms. The van der Waals surface area contributed by atoms with E-state index < -0.39 is 4.92 Å². The molecule has 0 aliphatic carbocycles. The van der Waals surface area contributed by atoms with Gasteiger partial charge in [0.2, 0.25) is 5.82 Å². The predicted octanol–water partition coefficient (Wildman–Crippen LogP) is 2.52. The van der Waals surface area contributed by atoms with E-state index in [1.807, 2.05) is 26.0 Å². The molecule has 0 unspecified atom stereocenters. The number of nitro groups is 1. The Hall–Kier alpha value is -2.77. The largest absolute Gasteiger partial charge is 0.476 e. The van der Waals surface area contributed by atoms with Crippen LogP contribution in [0, 0.1) is 10.1 Å². The zero-order chi connectivity index (χ0) is 16.1. The topological polar surface area (TPSA) is 103 Å². The van der Waals surface area contributed by atoms with Crippen molar-refractivity contribution in [1.29, 1.82) is 0 Å². The van der Waals surface area contributed by atoms with Crippen molar-refractivity contribution in [3.05, 3.63) is 46.0 Å². The van der Waals surface area contributed by atoms with Gasteiger partial charge < -0.3 is 10.1 Å². The second-order valence-electron chi connectivity index (χ2n) is 4.91. The van der Waals surface area contributed by atoms with Crippen LogP contribution in [0.25, 0.3) is 0 Å². The Bertz CT molecular complexity index is 661. The lowest BCUT2D eigenvalue weighted by Crippen LogP contribution is -2.10. The summed E-state index contributed by atoms with van der Waals surface area (Å²) >= 11 is 0. The highest BCUT2D eigenvalue weighted by atomic mass is 16.6. The first-order valence-corrected chi connectivity index (χ1v) is 6.76. The number of anilines is 1. The van der Waals surface area contributed by atoms with Gasteiger partial charge in [-0.2, -0.15) is 4.98 Å². The van der Waals surface area contributed by atoms with Crippen molar-refractivity contribution in [2.24, 2.45) is 0 Å². The van der Waals surface area contributed by atoms with E-state index in [9.17, 15) is 10.1 Å². The van der Waals surface area contributed by atoms with Gasteiger partial charge in [-0.3, -0.25) is 15.1 Å². The molecule has 0 bridgehead atoms. The number of rotatable bonds is 6. The Morgan fingerprint density at radius 1 is 1.32 bits per heavy atom. The van der Waals surface area contributed by atoms with Crippen molar-refractivity contribution in [1.82, 2.24) is 15.0 Å². The fourth-order valence-corrected chi connectivity index (χ4v) is 1.83. The lowest BCUT2D eigenvalue weighted by molar-refractivity contribution is -0.385. The summed E-state index contributed by atoms with van der Waals surface area (Å²) in [6, 6.07) is 3.64. The first-order chi connectivity index (χ1) is 10.5. The van der Waals surface area contributed by atoms with Crippen molar-refractivity contribution in [2.75, 3.05) is 12.4 Å². The first kappa shape index (κ1) is 15.6. The van der Waals surface area contributed by atoms with Gasteiger partial charge in [0.15, 0.2) is 0 Å². The summed E-state index contributed by atoms with van der Waals surface area (Å²) in [4.78, 5) is 23.0. The quantitative estimate of drug-likeness (QED) is 0.646. The van der Waals surface area contributed by atoms with Gasteiger partial charge in [0.1, 0.15) is 5.82 Å². The van der Waals surface area contributed by atoms with Crippen LogP contribution >= 0.6 is 0 Å². The van der Waals surface area contributed by atoms with Gasteiger partial charge >= 0.3 is 5.69 Å². The third-order valence-corrected chi connectivity index (χ3v) is 2.97. The molecular formula is C14H17N5O3. The van der Waals surface area contributed by atoms with Gasteiger partial charge in [-0.1, -0.05) is 13.8 Å². The molecule has 2 aromatic heterocycles. The number of ether oxygens (including phenoxy) is 1. The predicted molar refractivity (Wildman–Crippen MR) is 80.9 cm³/mol. The average molecular weight is 303 g/mol. The summed E-state index contributed by atoms with van der Waals surface area (Å²) in [7, 11) is 1.35. The van der Waals surface area contributed by atoms with Gasteiger partial charge in [-0.15, -0.1) is 0 Å². The number of nitrogens with one attached hydrogen (secondary N) is 1. The highest BCUT2D eigenvalue weighted by Crippen LogP contribution is 2.33. The summed E-state index contributed by atoms with van der Waals surface area (Å²) in [5.74, 6) is 0.620. The maximum atomic E-state index is 11.3. The third kappa shape index (κ3) is 3.46. The van der Waals surface area contributed by atoms with Gasteiger partial charge in [0.25, 0.3) is 5.88 Å². The molecule has 0 aromatic carbocycles. The molecule has 0 radical (unpaired) electrons. The number of hydrogen-bond acceptors (Lipinski definition) is 7. The van der Waals surface area contributed by atoms with Crippen LogP contribution in [0.3, 0.4) is 0 Å². The van der Waals surface area contributed by atoms with Crippen LogP contribution in [-0.4, -0.2) is 27.0 Å². The average Bonchev–Trinajstić information content (AvgIpc) is 2.52. The highest BCUT2D eigenvalue weighted by molar-refractivity contribution is 5.62. The van der Waals surface area contributed by atoms with Crippen molar-refractivity contribution in [3.8, 4) is 5.88 Å². The normalized spacial score (nSPS) is 10.5. The monoisotopic (exact) mass is 303 g/mol. The molecule has 116 valence electrons. The smallest absolute Gasteiger partial charge is 0.372 e. The minimum atomic E-state index is -0.544. The second-order valence-corrected chi connectivity index (χ2v) is 4.91. The van der Waals surface area contributed by atoms with Gasteiger partial charge in [0.05, 0.1) is 12.0 Å². The molecule has 0 aliphatic heterocycles. The van der Waals surface area contributed by atoms with Crippen LogP contribution in [0.2, 0.25) is 0 Å². The molecule has 0 saturated carbocycles. The van der Waals surface area contributed by atoms with Crippen molar-refractivity contribution < 1.29 is 9.66 Å². The van der Waals surface area contributed by atoms with E-state index in [-0.39, 0.29) is 23.3 Å². The SMILES string of the molecule is COc1nc(C(C)C)nc(NCc2ccncc2)c1[N+](=O)[O-]. The number of methoxy groups -OCH3 is 1. The van der Waals surface area contributed by atoms with E-state index in [1.165, 1.54) is 7.11 Å². The van der Waals surface area contributed by atoms with Crippen molar-refractivity contribution in [3.63, 3.8) is 0 Å². The fourth-order valence-electron chi connectivity index (χ4n) is 1.83. The molecule has 0 amide bonds. The summed E-state index contributed by atoms with van der Waals surface area (Å²) in [5.41, 5.74) is 0.675. The molecule has 1 N–H and O–H groups in total. The maximum absolute atomic E-state index is 11.3. The zero-order valence-electron chi connectivity index (χ0n) is 12.6. The zero-order valence-corrected chi connectivity index (χ0v) is 12.6. The molecule has 8 nitrogen and oxygen atoms in total. The Morgan fingerprint density at radius 3 is 2.55 bits per heavy atom. The van der Waals surface area contributed by atoms with Gasteiger partial charge in [-0.05, 0) is 17.7 Å². The molecule has 0 fully saturated rings. The fraction of sp³-hybridized carbons (Fsp3) is 0.357. The third-order valence-electron chi connectivity index (χ3n) is 2.97. The Kier molecular flexibility index (Phi) is 4.82. The van der Waals surface area contributed by atoms with Gasteiger partial charge in [-0.25, -0.2) is 4.98 Å². The number of pyridine rings is 1. The lowest BCUT2D eigenvalue weighted by atomic mass is 10.2. The summed E-state index contributed by atoms with van der Waals surface area (Å²) in [5, 5.41) is 14.3. The second kappa shape index (κ2) is 6.79. The first-order valence-electron chi connectivity index (χ1n) is 6.76. The minimum absolute atomic E-state index is 0.0242. The number of hydrogen-bond donors (Lipinski definition) is 1. The maximum Gasteiger partial charge on any atom is 0.372 e. The molecule has 0 spiro atoms. The minimum Gasteiger partial charge on any atom is -0.476 e. The molecule has 2 rings (SSSR count). The van der Waals surface area contributed by atoms with Crippen LogP contribution in [0.5, 0.6) is 5.88 Å². The summed E-state index contributed by atoms with van der Waals surface area (Å²) in [6.45, 7) is 4.21. The van der Waals surface area contributed by atoms with E-state index in [1.54, 1.807) is 12.4 Å². The summed E-state index contributed by atoms with van der Waals surface area (Å²) in [6.07, 6.45) is 3.32. The Balaban J connectivity index is 2.38. The standard InChI is InChI=1S/C14H17N5O3/c1-9(2)12-17-13(11(19(20)21)14(18-12)22-3)16-8-10-4-6-15-7-5-10/h4-7,9H,8H2,1-3H3,(H,16,17,18). The van der Waals surface area contributed by atoms with Crippen LogP contribution in [0.1, 0.15) is 31.2 Å². The van der Waals surface area contributed by atoms with E-state index in [0.29, 0.717) is 12.4 Å². The van der Waals surface area contributed by atoms with Crippen LogP contribution in [0.4, 0.5) is 11.5 Å². The Morgan fingerprint density at radius 2 is 2.00 bits per heavy atom. The molecule has 8 heteroatoms. The highest BCUT2D eigenvalue weighted by Gasteiger charge is 2.26. The van der Waals surface area contributed by atoms with E-state index >= 15 is 0 Å². The molecule has 2 heterocycles. The summed E-state index contributed by atoms with van der Waals surface area (Å²) < 4.78 is 5.05. The van der Waals surface area contributed by atoms with Gasteiger partial charge in [0, 0.05) is 24.9 Å². The van der Waals surface area contributed by atoms with Crippen molar-refractivity contribution in [2.45, 2.75) is 26.3 Å². The van der Waals surface area contributed by atoms with Crippen LogP contribution in [0.15, 0.2) is 24.5 Å². The van der Waals surface area contributed by atoms with Crippen LogP contribution < -0.4 is 10.1 Å². The number of aromatic nitrogens is 3. The van der Waals surface area contributed by atoms with Crippen LogP contribution in [-0.2, 0) is 6.54 Å². The molecule has 0 saturated heterocycles. The van der Waals surface area contributed by atoms with Crippen molar-refractivity contribution >= 4 is 11.5 Å². The molecule has 0 atom stereocenters.